The largest absolute Gasteiger partial charge is 0.481 e. The highest BCUT2D eigenvalue weighted by Crippen LogP contribution is 2.42. The minimum Gasteiger partial charge on any atom is -0.481 e. The van der Waals surface area contributed by atoms with Crippen LogP contribution in [-0.2, 0) is 11.2 Å². The van der Waals surface area contributed by atoms with E-state index in [4.69, 9.17) is 4.52 Å². The van der Waals surface area contributed by atoms with Gasteiger partial charge in [-0.1, -0.05) is 18.0 Å². The number of carboxylic acid groups (broad SMARTS) is 1. The molecule has 0 radical (unpaired) electrons. The highest BCUT2D eigenvalue weighted by atomic mass is 32.2. The van der Waals surface area contributed by atoms with E-state index in [-0.39, 0.29) is 0 Å². The minimum absolute atomic E-state index is 0.335. The Bertz CT molecular complexity index is 462. The van der Waals surface area contributed by atoms with Crippen LogP contribution in [0.3, 0.4) is 0 Å². The molecule has 3 rings (SSSR count). The van der Waals surface area contributed by atoms with E-state index in [0.29, 0.717) is 17.6 Å². The molecule has 1 saturated heterocycles. The van der Waals surface area contributed by atoms with Crippen molar-refractivity contribution < 1.29 is 14.4 Å². The zero-order chi connectivity index (χ0) is 13.3. The SMILES string of the molecule is O=C(O)C1(Cc2nc(C3CCCS3)no2)CCCC1. The molecule has 1 aliphatic carbocycles. The summed E-state index contributed by atoms with van der Waals surface area (Å²) in [5.74, 6) is 1.66. The maximum Gasteiger partial charge on any atom is 0.310 e. The number of aliphatic carboxylic acids is 1. The number of hydrogen-bond donors (Lipinski definition) is 1. The van der Waals surface area contributed by atoms with Crippen LogP contribution >= 0.6 is 11.8 Å². The summed E-state index contributed by atoms with van der Waals surface area (Å²) < 4.78 is 5.28. The first kappa shape index (κ1) is 13.0. The highest BCUT2D eigenvalue weighted by molar-refractivity contribution is 7.99. The molecule has 1 unspecified atom stereocenters. The zero-order valence-corrected chi connectivity index (χ0v) is 11.6. The van der Waals surface area contributed by atoms with E-state index >= 15 is 0 Å². The number of thioether (sulfide) groups is 1. The van der Waals surface area contributed by atoms with Crippen molar-refractivity contribution in [3.63, 3.8) is 0 Å². The minimum atomic E-state index is -0.722. The van der Waals surface area contributed by atoms with Crippen LogP contribution in [0.15, 0.2) is 4.52 Å². The standard InChI is InChI=1S/C13H18N2O3S/c16-12(17)13(5-1-2-6-13)8-10-14-11(15-18-10)9-4-3-7-19-9/h9H,1-8H2,(H,16,17). The third kappa shape index (κ3) is 2.50. The number of carboxylic acids is 1. The molecule has 1 N–H and O–H groups in total. The Kier molecular flexibility index (Phi) is 3.52. The summed E-state index contributed by atoms with van der Waals surface area (Å²) in [6.07, 6.45) is 6.06. The fourth-order valence-corrected chi connectivity index (χ4v) is 4.26. The quantitative estimate of drug-likeness (QED) is 0.915. The van der Waals surface area contributed by atoms with Crippen molar-refractivity contribution >= 4 is 17.7 Å². The Hall–Kier alpha value is -1.04. The molecular weight excluding hydrogens is 264 g/mol. The molecule has 1 saturated carbocycles. The van der Waals surface area contributed by atoms with Gasteiger partial charge in [-0.3, -0.25) is 4.79 Å². The lowest BCUT2D eigenvalue weighted by molar-refractivity contribution is -0.148. The van der Waals surface area contributed by atoms with E-state index in [0.717, 1.165) is 43.7 Å². The number of hydrogen-bond acceptors (Lipinski definition) is 5. The second kappa shape index (κ2) is 5.15. The normalized spacial score (nSPS) is 25.8. The molecular formula is C13H18N2O3S. The van der Waals surface area contributed by atoms with E-state index in [1.807, 2.05) is 11.8 Å². The molecule has 1 aliphatic heterocycles. The zero-order valence-electron chi connectivity index (χ0n) is 10.8. The van der Waals surface area contributed by atoms with Gasteiger partial charge in [-0.25, -0.2) is 0 Å². The average molecular weight is 282 g/mol. The average Bonchev–Trinajstić information content (AvgIpc) is 3.10. The third-order valence-electron chi connectivity index (χ3n) is 4.21. The van der Waals surface area contributed by atoms with Gasteiger partial charge >= 0.3 is 5.97 Å². The molecule has 6 heteroatoms. The Morgan fingerprint density at radius 1 is 1.42 bits per heavy atom. The summed E-state index contributed by atoms with van der Waals surface area (Å²) in [6, 6.07) is 0. The van der Waals surface area contributed by atoms with Crippen LogP contribution < -0.4 is 0 Å². The summed E-state index contributed by atoms with van der Waals surface area (Å²) in [5.41, 5.74) is -0.674. The van der Waals surface area contributed by atoms with Gasteiger partial charge in [0.15, 0.2) is 5.82 Å². The number of rotatable bonds is 4. The first-order valence-corrected chi connectivity index (χ1v) is 7.92. The van der Waals surface area contributed by atoms with Gasteiger partial charge in [0.25, 0.3) is 0 Å². The summed E-state index contributed by atoms with van der Waals surface area (Å²) in [4.78, 5) is 15.9. The molecule has 0 spiro atoms. The number of nitrogens with zero attached hydrogens (tertiary/aromatic N) is 2. The van der Waals surface area contributed by atoms with Gasteiger partial charge in [-0.05, 0) is 31.4 Å². The molecule has 1 atom stereocenters. The summed E-state index contributed by atoms with van der Waals surface area (Å²) in [6.45, 7) is 0. The number of aromatic nitrogens is 2. The van der Waals surface area contributed by atoms with Crippen molar-refractivity contribution in [1.82, 2.24) is 10.1 Å². The van der Waals surface area contributed by atoms with Gasteiger partial charge in [-0.15, -0.1) is 0 Å². The van der Waals surface area contributed by atoms with Gasteiger partial charge in [0.2, 0.25) is 5.89 Å². The maximum absolute atomic E-state index is 11.5. The second-order valence-electron chi connectivity index (χ2n) is 5.52. The Balaban J connectivity index is 1.73. The van der Waals surface area contributed by atoms with Crippen LogP contribution in [0.2, 0.25) is 0 Å². The van der Waals surface area contributed by atoms with Gasteiger partial charge in [0, 0.05) is 6.42 Å². The van der Waals surface area contributed by atoms with E-state index in [1.165, 1.54) is 6.42 Å². The Morgan fingerprint density at radius 3 is 2.84 bits per heavy atom. The van der Waals surface area contributed by atoms with E-state index in [1.54, 1.807) is 0 Å². The molecule has 0 bridgehead atoms. The molecule has 5 nitrogen and oxygen atoms in total. The molecule has 0 aromatic carbocycles. The van der Waals surface area contributed by atoms with Crippen molar-refractivity contribution in [2.24, 2.45) is 5.41 Å². The fourth-order valence-electron chi connectivity index (χ4n) is 3.06. The molecule has 2 aliphatic rings. The van der Waals surface area contributed by atoms with Gasteiger partial charge < -0.3 is 9.63 Å². The second-order valence-corrected chi connectivity index (χ2v) is 6.83. The lowest BCUT2D eigenvalue weighted by atomic mass is 9.83. The van der Waals surface area contributed by atoms with Gasteiger partial charge in [0.1, 0.15) is 0 Å². The lowest BCUT2D eigenvalue weighted by Crippen LogP contribution is -2.30. The van der Waals surface area contributed by atoms with Crippen LogP contribution in [0, 0.1) is 5.41 Å². The smallest absolute Gasteiger partial charge is 0.310 e. The predicted molar refractivity (Wildman–Crippen MR) is 71.0 cm³/mol. The van der Waals surface area contributed by atoms with Crippen LogP contribution in [0.25, 0.3) is 0 Å². The van der Waals surface area contributed by atoms with Gasteiger partial charge in [0.05, 0.1) is 10.7 Å². The van der Waals surface area contributed by atoms with Crippen LogP contribution in [-0.4, -0.2) is 27.0 Å². The third-order valence-corrected chi connectivity index (χ3v) is 5.58. The Morgan fingerprint density at radius 2 is 2.21 bits per heavy atom. The van der Waals surface area contributed by atoms with E-state index in [9.17, 15) is 9.90 Å². The van der Waals surface area contributed by atoms with E-state index < -0.39 is 11.4 Å². The first-order valence-electron chi connectivity index (χ1n) is 6.87. The lowest BCUT2D eigenvalue weighted by Gasteiger charge is -2.21. The predicted octanol–water partition coefficient (Wildman–Crippen LogP) is 2.83. The maximum atomic E-state index is 11.5. The molecule has 0 amide bonds. The number of carbonyl (C=O) groups is 1. The first-order chi connectivity index (χ1) is 9.20. The van der Waals surface area contributed by atoms with Crippen LogP contribution in [0.4, 0.5) is 0 Å². The molecule has 2 heterocycles. The highest BCUT2D eigenvalue weighted by Gasteiger charge is 2.43. The van der Waals surface area contributed by atoms with Crippen molar-refractivity contribution in [2.75, 3.05) is 5.75 Å². The van der Waals surface area contributed by atoms with Crippen LogP contribution in [0.5, 0.6) is 0 Å². The Labute approximate surface area is 116 Å². The van der Waals surface area contributed by atoms with Crippen LogP contribution in [0.1, 0.15) is 55.5 Å². The van der Waals surface area contributed by atoms with Gasteiger partial charge in [-0.2, -0.15) is 16.7 Å². The topological polar surface area (TPSA) is 76.2 Å². The molecule has 104 valence electrons. The van der Waals surface area contributed by atoms with Crippen molar-refractivity contribution in [2.45, 2.75) is 50.2 Å². The van der Waals surface area contributed by atoms with Crippen molar-refractivity contribution in [3.05, 3.63) is 11.7 Å². The molecule has 1 aromatic rings. The summed E-state index contributed by atoms with van der Waals surface area (Å²) in [5, 5.41) is 13.8. The van der Waals surface area contributed by atoms with E-state index in [2.05, 4.69) is 10.1 Å². The molecule has 19 heavy (non-hydrogen) atoms. The monoisotopic (exact) mass is 282 g/mol. The molecule has 2 fully saturated rings. The summed E-state index contributed by atoms with van der Waals surface area (Å²) in [7, 11) is 0. The van der Waals surface area contributed by atoms with Crippen molar-refractivity contribution in [1.29, 1.82) is 0 Å². The van der Waals surface area contributed by atoms with Crippen molar-refractivity contribution in [3.8, 4) is 0 Å². The molecule has 1 aromatic heterocycles. The summed E-state index contributed by atoms with van der Waals surface area (Å²) >= 11 is 1.86. The fraction of sp³-hybridized carbons (Fsp3) is 0.769.